The lowest BCUT2D eigenvalue weighted by atomic mass is 10.1. The van der Waals surface area contributed by atoms with E-state index < -0.39 is 0 Å². The minimum Gasteiger partial charge on any atom is -0.338 e. The molecule has 4 heteroatoms. The first-order valence-corrected chi connectivity index (χ1v) is 6.78. The number of aromatic nitrogens is 2. The Kier molecular flexibility index (Phi) is 5.54. The van der Waals surface area contributed by atoms with E-state index in [2.05, 4.69) is 48.6 Å². The molecular formula is C14H26N4. The lowest BCUT2D eigenvalue weighted by Crippen LogP contribution is -2.34. The fourth-order valence-electron chi connectivity index (χ4n) is 1.85. The van der Waals surface area contributed by atoms with E-state index in [9.17, 15) is 0 Å². The summed E-state index contributed by atoms with van der Waals surface area (Å²) in [7, 11) is 0. The SMILES string of the molecule is Cc1cc(C(C)C)nc(N(CCCN)C(C)C)n1. The van der Waals surface area contributed by atoms with E-state index in [0.717, 1.165) is 30.3 Å². The maximum atomic E-state index is 5.60. The van der Waals surface area contributed by atoms with Gasteiger partial charge in [0.05, 0.1) is 0 Å². The van der Waals surface area contributed by atoms with Gasteiger partial charge < -0.3 is 10.6 Å². The Bertz CT molecular complexity index is 374. The summed E-state index contributed by atoms with van der Waals surface area (Å²) < 4.78 is 0. The van der Waals surface area contributed by atoms with Crippen LogP contribution in [0.1, 0.15) is 51.4 Å². The van der Waals surface area contributed by atoms with Crippen molar-refractivity contribution in [1.82, 2.24) is 9.97 Å². The minimum atomic E-state index is 0.387. The second-order valence-electron chi connectivity index (χ2n) is 5.32. The molecule has 0 spiro atoms. The van der Waals surface area contributed by atoms with Gasteiger partial charge in [0, 0.05) is 24.0 Å². The standard InChI is InChI=1S/C14H26N4/c1-10(2)13-9-12(5)16-14(17-13)18(11(3)4)8-6-7-15/h9-11H,6-8,15H2,1-5H3. The number of anilines is 1. The van der Waals surface area contributed by atoms with Crippen LogP contribution in [0.3, 0.4) is 0 Å². The summed E-state index contributed by atoms with van der Waals surface area (Å²) >= 11 is 0. The number of nitrogens with zero attached hydrogens (tertiary/aromatic N) is 3. The van der Waals surface area contributed by atoms with Gasteiger partial charge in [-0.3, -0.25) is 0 Å². The van der Waals surface area contributed by atoms with Crippen molar-refractivity contribution in [2.45, 2.75) is 53.0 Å². The van der Waals surface area contributed by atoms with Crippen LogP contribution in [0.4, 0.5) is 5.95 Å². The zero-order valence-corrected chi connectivity index (χ0v) is 12.3. The summed E-state index contributed by atoms with van der Waals surface area (Å²) in [5.41, 5.74) is 7.73. The van der Waals surface area contributed by atoms with E-state index in [0.29, 0.717) is 18.5 Å². The van der Waals surface area contributed by atoms with Gasteiger partial charge in [0.15, 0.2) is 0 Å². The summed E-state index contributed by atoms with van der Waals surface area (Å²) in [5, 5.41) is 0. The van der Waals surface area contributed by atoms with E-state index in [1.807, 2.05) is 6.92 Å². The fourth-order valence-corrected chi connectivity index (χ4v) is 1.85. The summed E-state index contributed by atoms with van der Waals surface area (Å²) in [4.78, 5) is 11.5. The second-order valence-corrected chi connectivity index (χ2v) is 5.32. The van der Waals surface area contributed by atoms with Crippen molar-refractivity contribution in [3.05, 3.63) is 17.5 Å². The van der Waals surface area contributed by atoms with Crippen LogP contribution in [0, 0.1) is 6.92 Å². The summed E-state index contributed by atoms with van der Waals surface area (Å²) in [6.45, 7) is 12.3. The molecule has 0 aliphatic heterocycles. The van der Waals surface area contributed by atoms with Gasteiger partial charge in [0.1, 0.15) is 0 Å². The highest BCUT2D eigenvalue weighted by atomic mass is 15.3. The van der Waals surface area contributed by atoms with Crippen LogP contribution in [0.5, 0.6) is 0 Å². The molecule has 1 heterocycles. The highest BCUT2D eigenvalue weighted by Crippen LogP contribution is 2.18. The molecule has 0 saturated carbocycles. The Balaban J connectivity index is 3.03. The Hall–Kier alpha value is -1.16. The Labute approximate surface area is 111 Å². The van der Waals surface area contributed by atoms with Gasteiger partial charge in [0.25, 0.3) is 0 Å². The van der Waals surface area contributed by atoms with E-state index in [4.69, 9.17) is 5.73 Å². The molecule has 0 aromatic carbocycles. The van der Waals surface area contributed by atoms with E-state index in [1.54, 1.807) is 0 Å². The van der Waals surface area contributed by atoms with Crippen LogP contribution in [-0.4, -0.2) is 29.1 Å². The molecular weight excluding hydrogens is 224 g/mol. The molecule has 0 fully saturated rings. The molecule has 102 valence electrons. The van der Waals surface area contributed by atoms with Crippen LogP contribution in [-0.2, 0) is 0 Å². The molecule has 0 atom stereocenters. The number of nitrogens with two attached hydrogens (primary N) is 1. The van der Waals surface area contributed by atoms with Crippen molar-refractivity contribution >= 4 is 5.95 Å². The first-order valence-electron chi connectivity index (χ1n) is 6.78. The molecule has 0 unspecified atom stereocenters. The second kappa shape index (κ2) is 6.69. The number of hydrogen-bond acceptors (Lipinski definition) is 4. The molecule has 4 nitrogen and oxygen atoms in total. The average Bonchev–Trinajstić information content (AvgIpc) is 2.28. The number of hydrogen-bond donors (Lipinski definition) is 1. The molecule has 0 bridgehead atoms. The van der Waals surface area contributed by atoms with Gasteiger partial charge in [-0.2, -0.15) is 0 Å². The van der Waals surface area contributed by atoms with Gasteiger partial charge in [0.2, 0.25) is 5.95 Å². The quantitative estimate of drug-likeness (QED) is 0.842. The van der Waals surface area contributed by atoms with Crippen molar-refractivity contribution in [3.8, 4) is 0 Å². The van der Waals surface area contributed by atoms with Crippen molar-refractivity contribution in [2.24, 2.45) is 5.73 Å². The summed E-state index contributed by atoms with van der Waals surface area (Å²) in [5.74, 6) is 1.26. The van der Waals surface area contributed by atoms with Crippen molar-refractivity contribution in [2.75, 3.05) is 18.0 Å². The lowest BCUT2D eigenvalue weighted by molar-refractivity contribution is 0.633. The smallest absolute Gasteiger partial charge is 0.226 e. The predicted octanol–water partition coefficient (Wildman–Crippen LogP) is 2.47. The molecule has 0 saturated heterocycles. The average molecular weight is 250 g/mol. The molecule has 1 aromatic heterocycles. The fraction of sp³-hybridized carbons (Fsp3) is 0.714. The first-order chi connectivity index (χ1) is 8.45. The van der Waals surface area contributed by atoms with Crippen LogP contribution in [0.25, 0.3) is 0 Å². The highest BCUT2D eigenvalue weighted by molar-refractivity contribution is 5.34. The van der Waals surface area contributed by atoms with Gasteiger partial charge in [-0.15, -0.1) is 0 Å². The lowest BCUT2D eigenvalue weighted by Gasteiger charge is -2.27. The third-order valence-electron chi connectivity index (χ3n) is 2.94. The maximum absolute atomic E-state index is 5.60. The molecule has 0 radical (unpaired) electrons. The maximum Gasteiger partial charge on any atom is 0.226 e. The number of aryl methyl sites for hydroxylation is 1. The van der Waals surface area contributed by atoms with Gasteiger partial charge in [-0.05, 0) is 45.7 Å². The van der Waals surface area contributed by atoms with Crippen molar-refractivity contribution in [1.29, 1.82) is 0 Å². The van der Waals surface area contributed by atoms with Gasteiger partial charge >= 0.3 is 0 Å². The largest absolute Gasteiger partial charge is 0.338 e. The molecule has 1 aromatic rings. The Morgan fingerprint density at radius 2 is 1.89 bits per heavy atom. The molecule has 18 heavy (non-hydrogen) atoms. The van der Waals surface area contributed by atoms with Crippen molar-refractivity contribution < 1.29 is 0 Å². The zero-order valence-electron chi connectivity index (χ0n) is 12.3. The molecule has 0 amide bonds. The summed E-state index contributed by atoms with van der Waals surface area (Å²) in [6.07, 6.45) is 0.965. The van der Waals surface area contributed by atoms with E-state index >= 15 is 0 Å². The monoisotopic (exact) mass is 250 g/mol. The van der Waals surface area contributed by atoms with E-state index in [1.165, 1.54) is 0 Å². The Morgan fingerprint density at radius 3 is 2.39 bits per heavy atom. The van der Waals surface area contributed by atoms with Crippen LogP contribution in [0.2, 0.25) is 0 Å². The van der Waals surface area contributed by atoms with Crippen LogP contribution in [0.15, 0.2) is 6.07 Å². The third-order valence-corrected chi connectivity index (χ3v) is 2.94. The molecule has 2 N–H and O–H groups in total. The van der Waals surface area contributed by atoms with Crippen molar-refractivity contribution in [3.63, 3.8) is 0 Å². The van der Waals surface area contributed by atoms with Crippen LogP contribution >= 0.6 is 0 Å². The van der Waals surface area contributed by atoms with Gasteiger partial charge in [-0.25, -0.2) is 9.97 Å². The molecule has 0 aliphatic rings. The number of rotatable bonds is 6. The predicted molar refractivity (Wildman–Crippen MR) is 77.0 cm³/mol. The topological polar surface area (TPSA) is 55.0 Å². The normalized spacial score (nSPS) is 11.3. The third kappa shape index (κ3) is 3.95. The molecule has 0 aliphatic carbocycles. The highest BCUT2D eigenvalue weighted by Gasteiger charge is 2.15. The zero-order chi connectivity index (χ0) is 13.7. The van der Waals surface area contributed by atoms with Gasteiger partial charge in [-0.1, -0.05) is 13.8 Å². The Morgan fingerprint density at radius 1 is 1.22 bits per heavy atom. The van der Waals surface area contributed by atoms with Crippen LogP contribution < -0.4 is 10.6 Å². The van der Waals surface area contributed by atoms with E-state index in [-0.39, 0.29) is 0 Å². The molecule has 1 rings (SSSR count). The minimum absolute atomic E-state index is 0.387. The summed E-state index contributed by atoms with van der Waals surface area (Å²) in [6, 6.07) is 2.45. The first kappa shape index (κ1) is 14.9.